The Morgan fingerprint density at radius 1 is 1.03 bits per heavy atom. The number of carbonyl (C=O) groups is 2. The molecular formula is C25H20F2N2O3S. The molecule has 168 valence electrons. The molecule has 2 N–H and O–H groups in total. The second kappa shape index (κ2) is 9.54. The number of benzene rings is 3. The van der Waals surface area contributed by atoms with Crippen molar-refractivity contribution in [2.75, 3.05) is 6.61 Å². The quantitative estimate of drug-likeness (QED) is 0.294. The average Bonchev–Trinajstić information content (AvgIpc) is 2.97. The van der Waals surface area contributed by atoms with Crippen molar-refractivity contribution in [3.63, 3.8) is 0 Å². The first-order valence-electron chi connectivity index (χ1n) is 10.4. The number of esters is 1. The summed E-state index contributed by atoms with van der Waals surface area (Å²) in [6.07, 6.45) is 1.66. The summed E-state index contributed by atoms with van der Waals surface area (Å²) in [4.78, 5) is 30.7. The molecule has 8 heteroatoms. The van der Waals surface area contributed by atoms with E-state index in [1.165, 1.54) is 17.8 Å². The third kappa shape index (κ3) is 4.66. The van der Waals surface area contributed by atoms with Crippen molar-refractivity contribution < 1.29 is 23.1 Å². The van der Waals surface area contributed by atoms with Crippen LogP contribution in [0.15, 0.2) is 69.4 Å². The Hall–Kier alpha value is -3.52. The zero-order valence-electron chi connectivity index (χ0n) is 17.7. The number of nitrogens with zero attached hydrogens (tertiary/aromatic N) is 1. The molecule has 1 aliphatic heterocycles. The van der Waals surface area contributed by atoms with Gasteiger partial charge in [0.25, 0.3) is 0 Å². The molecule has 33 heavy (non-hydrogen) atoms. The van der Waals surface area contributed by atoms with Gasteiger partial charge < -0.3 is 10.5 Å². The van der Waals surface area contributed by atoms with Gasteiger partial charge in [0.2, 0.25) is 5.91 Å². The van der Waals surface area contributed by atoms with Crippen molar-refractivity contribution in [2.45, 2.75) is 29.6 Å². The number of ether oxygens (including phenoxy) is 1. The number of nitrogens with two attached hydrogens (primary N) is 1. The Morgan fingerprint density at radius 3 is 2.58 bits per heavy atom. The third-order valence-corrected chi connectivity index (χ3v) is 6.22. The van der Waals surface area contributed by atoms with Crippen LogP contribution in [-0.4, -0.2) is 24.2 Å². The maximum Gasteiger partial charge on any atom is 0.338 e. The summed E-state index contributed by atoms with van der Waals surface area (Å²) >= 11 is 1.34. The minimum atomic E-state index is -1.04. The molecule has 1 amide bonds. The van der Waals surface area contributed by atoms with Gasteiger partial charge >= 0.3 is 5.97 Å². The van der Waals surface area contributed by atoms with E-state index >= 15 is 0 Å². The Kier molecular flexibility index (Phi) is 6.55. The van der Waals surface area contributed by atoms with Crippen LogP contribution in [0, 0.1) is 11.6 Å². The number of halogens is 2. The lowest BCUT2D eigenvalue weighted by molar-refractivity contribution is 0.0499. The van der Waals surface area contributed by atoms with Gasteiger partial charge in [-0.2, -0.15) is 0 Å². The van der Waals surface area contributed by atoms with E-state index in [4.69, 9.17) is 15.5 Å². The van der Waals surface area contributed by atoms with Crippen LogP contribution in [0.25, 0.3) is 0 Å². The van der Waals surface area contributed by atoms with Gasteiger partial charge in [0.1, 0.15) is 0 Å². The molecule has 0 unspecified atom stereocenters. The van der Waals surface area contributed by atoms with Gasteiger partial charge in [-0.25, -0.2) is 18.6 Å². The maximum atomic E-state index is 14.1. The van der Waals surface area contributed by atoms with Gasteiger partial charge in [0.05, 0.1) is 23.6 Å². The fraction of sp³-hybridized carbons (Fsp3) is 0.160. The summed E-state index contributed by atoms with van der Waals surface area (Å²) in [5.41, 5.74) is 7.52. The van der Waals surface area contributed by atoms with Gasteiger partial charge in [0, 0.05) is 26.5 Å². The number of aliphatic imine (C=N–C) groups is 1. The number of unbranched alkanes of at least 4 members (excludes halogenated alkanes) is 1. The predicted molar refractivity (Wildman–Crippen MR) is 122 cm³/mol. The highest BCUT2D eigenvalue weighted by molar-refractivity contribution is 7.99. The Bertz CT molecular complexity index is 1290. The molecule has 0 saturated heterocycles. The summed E-state index contributed by atoms with van der Waals surface area (Å²) in [6.45, 7) is 2.32. The third-order valence-electron chi connectivity index (χ3n) is 5.10. The van der Waals surface area contributed by atoms with Crippen LogP contribution in [0.2, 0.25) is 0 Å². The number of carbonyl (C=O) groups excluding carboxylic acids is 2. The zero-order valence-corrected chi connectivity index (χ0v) is 18.5. The lowest BCUT2D eigenvalue weighted by Crippen LogP contribution is -2.18. The second-order valence-electron chi connectivity index (χ2n) is 7.41. The summed E-state index contributed by atoms with van der Waals surface area (Å²) in [6, 6.07) is 13.4. The Balaban J connectivity index is 1.89. The zero-order chi connectivity index (χ0) is 23.5. The maximum absolute atomic E-state index is 14.1. The van der Waals surface area contributed by atoms with Crippen LogP contribution in [0.5, 0.6) is 0 Å². The van der Waals surface area contributed by atoms with Crippen molar-refractivity contribution in [1.82, 2.24) is 0 Å². The van der Waals surface area contributed by atoms with E-state index in [0.29, 0.717) is 28.3 Å². The molecule has 5 nitrogen and oxygen atoms in total. The number of hydrogen-bond acceptors (Lipinski definition) is 5. The number of primary amides is 1. The molecule has 0 fully saturated rings. The summed E-state index contributed by atoms with van der Waals surface area (Å²) in [5.74, 6) is -3.18. The Morgan fingerprint density at radius 2 is 1.85 bits per heavy atom. The van der Waals surface area contributed by atoms with Crippen LogP contribution in [0.3, 0.4) is 0 Å². The van der Waals surface area contributed by atoms with Crippen molar-refractivity contribution in [2.24, 2.45) is 10.7 Å². The van der Waals surface area contributed by atoms with E-state index in [9.17, 15) is 18.4 Å². The van der Waals surface area contributed by atoms with Crippen LogP contribution in [0.4, 0.5) is 14.5 Å². The minimum Gasteiger partial charge on any atom is -0.462 e. The van der Waals surface area contributed by atoms with Crippen molar-refractivity contribution in [1.29, 1.82) is 0 Å². The molecule has 3 aromatic rings. The first-order valence-corrected chi connectivity index (χ1v) is 11.2. The second-order valence-corrected chi connectivity index (χ2v) is 8.49. The van der Waals surface area contributed by atoms with Crippen molar-refractivity contribution in [3.05, 3.63) is 88.5 Å². The van der Waals surface area contributed by atoms with Gasteiger partial charge in [-0.05, 0) is 55.0 Å². The number of fused-ring (bicyclic) bond motifs is 2. The molecule has 0 radical (unpaired) electrons. The number of amides is 1. The molecule has 0 saturated carbocycles. The molecule has 0 aromatic heterocycles. The highest BCUT2D eigenvalue weighted by atomic mass is 32.2. The molecule has 0 spiro atoms. The van der Waals surface area contributed by atoms with E-state index in [-0.39, 0.29) is 16.8 Å². The standard InChI is InChI=1S/C25H20F2N2O3S/c1-2-3-11-32-25(31)15-8-10-20-19(13-15)29-23(14-7-9-17(26)18(27)12-14)22-16(24(28)30)5-4-6-21(22)33-20/h4-10,12-13H,2-3,11H2,1H3,(H2,28,30). The van der Waals surface area contributed by atoms with Gasteiger partial charge in [0.15, 0.2) is 11.6 Å². The number of rotatable bonds is 6. The smallest absolute Gasteiger partial charge is 0.338 e. The van der Waals surface area contributed by atoms with Gasteiger partial charge in [-0.1, -0.05) is 31.2 Å². The van der Waals surface area contributed by atoms with Crippen LogP contribution < -0.4 is 5.73 Å². The van der Waals surface area contributed by atoms with Crippen molar-refractivity contribution in [3.8, 4) is 0 Å². The molecule has 4 rings (SSSR count). The molecule has 0 atom stereocenters. The SMILES string of the molecule is CCCCOC(=O)c1ccc2c(c1)N=C(c1ccc(F)c(F)c1)c1c(cccc1C(N)=O)S2. The molecule has 3 aromatic carbocycles. The molecule has 0 aliphatic carbocycles. The number of hydrogen-bond donors (Lipinski definition) is 1. The van der Waals surface area contributed by atoms with Crippen molar-refractivity contribution >= 4 is 35.0 Å². The van der Waals surface area contributed by atoms with Gasteiger partial charge in [-0.15, -0.1) is 0 Å². The van der Waals surface area contributed by atoms with E-state index in [2.05, 4.69) is 0 Å². The highest BCUT2D eigenvalue weighted by Gasteiger charge is 2.25. The first-order chi connectivity index (χ1) is 15.9. The fourth-order valence-corrected chi connectivity index (χ4v) is 4.46. The van der Waals surface area contributed by atoms with E-state index in [1.807, 2.05) is 6.92 Å². The molecule has 0 bridgehead atoms. The van der Waals surface area contributed by atoms with Crippen LogP contribution in [0.1, 0.15) is 51.6 Å². The Labute approximate surface area is 193 Å². The van der Waals surface area contributed by atoms with E-state index < -0.39 is 23.5 Å². The van der Waals surface area contributed by atoms with Gasteiger partial charge in [-0.3, -0.25) is 4.79 Å². The van der Waals surface area contributed by atoms with E-state index in [0.717, 1.165) is 29.9 Å². The summed E-state index contributed by atoms with van der Waals surface area (Å²) < 4.78 is 33.0. The summed E-state index contributed by atoms with van der Waals surface area (Å²) in [7, 11) is 0. The highest BCUT2D eigenvalue weighted by Crippen LogP contribution is 2.42. The summed E-state index contributed by atoms with van der Waals surface area (Å²) in [5, 5.41) is 0. The van der Waals surface area contributed by atoms with Crippen LogP contribution in [-0.2, 0) is 4.74 Å². The normalized spacial score (nSPS) is 12.3. The molecular weight excluding hydrogens is 446 g/mol. The van der Waals surface area contributed by atoms with E-state index in [1.54, 1.807) is 36.4 Å². The first kappa shape index (κ1) is 22.7. The lowest BCUT2D eigenvalue weighted by atomic mass is 9.96. The minimum absolute atomic E-state index is 0.204. The molecule has 1 heterocycles. The molecule has 1 aliphatic rings. The predicted octanol–water partition coefficient (Wildman–Crippen LogP) is 5.65. The van der Waals surface area contributed by atoms with Crippen LogP contribution >= 0.6 is 11.8 Å². The topological polar surface area (TPSA) is 81.8 Å². The fourth-order valence-electron chi connectivity index (χ4n) is 3.42. The largest absolute Gasteiger partial charge is 0.462 e. The lowest BCUT2D eigenvalue weighted by Gasteiger charge is -2.13. The average molecular weight is 467 g/mol. The monoisotopic (exact) mass is 466 g/mol.